The number of hydrogen-bond acceptors (Lipinski definition) is 5. The van der Waals surface area contributed by atoms with Crippen LogP contribution < -0.4 is 10.5 Å². The number of nitrogens with one attached hydrogen (secondary N) is 1. The van der Waals surface area contributed by atoms with Gasteiger partial charge in [-0.3, -0.25) is 9.52 Å². The van der Waals surface area contributed by atoms with Crippen LogP contribution in [0.3, 0.4) is 0 Å². The van der Waals surface area contributed by atoms with Crippen molar-refractivity contribution >= 4 is 33.0 Å². The van der Waals surface area contributed by atoms with Gasteiger partial charge in [0.15, 0.2) is 0 Å². The summed E-state index contributed by atoms with van der Waals surface area (Å²) in [7, 11) is -1.96. The minimum atomic E-state index is -3.63. The van der Waals surface area contributed by atoms with E-state index in [2.05, 4.69) is 4.72 Å². The third kappa shape index (κ3) is 4.10. The van der Waals surface area contributed by atoms with Crippen molar-refractivity contribution in [2.24, 2.45) is 5.73 Å². The molecule has 0 radical (unpaired) electrons. The average Bonchev–Trinajstić information content (AvgIpc) is 3.08. The van der Waals surface area contributed by atoms with Crippen molar-refractivity contribution in [3.8, 4) is 0 Å². The second kappa shape index (κ2) is 7.12. The number of sulfonamides is 1. The van der Waals surface area contributed by atoms with Crippen LogP contribution in [0.1, 0.15) is 17.3 Å². The highest BCUT2D eigenvalue weighted by atomic mass is 32.2. The Kier molecular flexibility index (Phi) is 5.40. The Morgan fingerprint density at radius 1 is 1.35 bits per heavy atom. The molecule has 3 N–H and O–H groups in total. The van der Waals surface area contributed by atoms with Crippen molar-refractivity contribution in [1.82, 2.24) is 4.90 Å². The summed E-state index contributed by atoms with van der Waals surface area (Å²) in [5.74, 6) is -0.208. The molecule has 0 aliphatic rings. The maximum atomic E-state index is 12.4. The summed E-state index contributed by atoms with van der Waals surface area (Å²) in [6.07, 6.45) is 0. The minimum Gasteiger partial charge on any atom is -0.338 e. The third-order valence-corrected chi connectivity index (χ3v) is 6.22. The number of nitrogens with two attached hydrogens (primary N) is 1. The van der Waals surface area contributed by atoms with Gasteiger partial charge in [0.05, 0.1) is 0 Å². The van der Waals surface area contributed by atoms with Crippen LogP contribution in [-0.2, 0) is 10.0 Å². The molecule has 1 aromatic heterocycles. The summed E-state index contributed by atoms with van der Waals surface area (Å²) in [5.41, 5.74) is 6.32. The second-order valence-corrected chi connectivity index (χ2v) is 7.98. The molecule has 8 heteroatoms. The number of amides is 1. The Labute approximate surface area is 140 Å². The molecule has 1 heterocycles. The van der Waals surface area contributed by atoms with Gasteiger partial charge in [0.2, 0.25) is 0 Å². The average molecular weight is 353 g/mol. The fourth-order valence-corrected chi connectivity index (χ4v) is 3.94. The largest absolute Gasteiger partial charge is 0.338 e. The number of hydrogen-bond donors (Lipinski definition) is 2. The van der Waals surface area contributed by atoms with Crippen LogP contribution in [0.4, 0.5) is 5.69 Å². The van der Waals surface area contributed by atoms with Crippen LogP contribution in [0.25, 0.3) is 0 Å². The maximum Gasteiger partial charge on any atom is 0.271 e. The predicted molar refractivity (Wildman–Crippen MR) is 92.2 cm³/mol. The first-order valence-corrected chi connectivity index (χ1v) is 9.35. The molecule has 0 aliphatic carbocycles. The first kappa shape index (κ1) is 17.5. The number of benzene rings is 1. The number of likely N-dealkylation sites (N-methyl/N-ethyl adjacent to an activating group) is 1. The minimum absolute atomic E-state index is 0.103. The third-order valence-electron chi connectivity index (χ3n) is 3.44. The van der Waals surface area contributed by atoms with E-state index in [1.165, 1.54) is 17.0 Å². The van der Waals surface area contributed by atoms with E-state index in [0.29, 0.717) is 17.8 Å². The van der Waals surface area contributed by atoms with Gasteiger partial charge in [0.25, 0.3) is 15.9 Å². The second-order valence-electron chi connectivity index (χ2n) is 5.12. The van der Waals surface area contributed by atoms with Crippen LogP contribution in [0.15, 0.2) is 46.0 Å². The summed E-state index contributed by atoms with van der Waals surface area (Å²) in [5, 5.41) is 1.69. The van der Waals surface area contributed by atoms with Crippen LogP contribution in [0.2, 0.25) is 0 Å². The lowest BCUT2D eigenvalue weighted by Crippen LogP contribution is -2.39. The zero-order valence-electron chi connectivity index (χ0n) is 12.9. The van der Waals surface area contributed by atoms with E-state index >= 15 is 0 Å². The monoisotopic (exact) mass is 353 g/mol. The van der Waals surface area contributed by atoms with E-state index in [9.17, 15) is 13.2 Å². The van der Waals surface area contributed by atoms with Gasteiger partial charge in [0, 0.05) is 30.9 Å². The van der Waals surface area contributed by atoms with Gasteiger partial charge in [-0.25, -0.2) is 8.42 Å². The molecule has 23 heavy (non-hydrogen) atoms. The molecule has 0 saturated carbocycles. The highest BCUT2D eigenvalue weighted by Crippen LogP contribution is 2.21. The normalized spacial score (nSPS) is 12.7. The van der Waals surface area contributed by atoms with E-state index in [4.69, 9.17) is 5.73 Å². The molecule has 6 nitrogen and oxygen atoms in total. The van der Waals surface area contributed by atoms with Crippen molar-refractivity contribution in [1.29, 1.82) is 0 Å². The van der Waals surface area contributed by atoms with Crippen molar-refractivity contribution in [3.63, 3.8) is 0 Å². The van der Waals surface area contributed by atoms with Crippen molar-refractivity contribution in [3.05, 3.63) is 47.3 Å². The predicted octanol–water partition coefficient (Wildman–Crippen LogP) is 1.97. The van der Waals surface area contributed by atoms with E-state index < -0.39 is 10.0 Å². The first-order chi connectivity index (χ1) is 10.8. The van der Waals surface area contributed by atoms with Crippen molar-refractivity contribution in [2.45, 2.75) is 17.2 Å². The van der Waals surface area contributed by atoms with Gasteiger partial charge in [-0.05, 0) is 36.6 Å². The summed E-state index contributed by atoms with van der Waals surface area (Å²) < 4.78 is 27.1. The molecule has 2 rings (SSSR count). The zero-order chi connectivity index (χ0) is 17.0. The number of rotatable bonds is 6. The van der Waals surface area contributed by atoms with Gasteiger partial charge in [-0.1, -0.05) is 12.1 Å². The standard InChI is InChI=1S/C15H19N3O3S2/c1-11(10-16)18(2)15(19)12-5-3-6-13(9-12)17-23(20,21)14-7-4-8-22-14/h3-9,11,17H,10,16H2,1-2H3. The molecule has 1 amide bonds. The van der Waals surface area contributed by atoms with Gasteiger partial charge < -0.3 is 10.6 Å². The Morgan fingerprint density at radius 3 is 2.70 bits per heavy atom. The van der Waals surface area contributed by atoms with E-state index in [1.54, 1.807) is 36.7 Å². The zero-order valence-corrected chi connectivity index (χ0v) is 14.5. The van der Waals surface area contributed by atoms with Gasteiger partial charge in [0.1, 0.15) is 4.21 Å². The lowest BCUT2D eigenvalue weighted by atomic mass is 10.1. The Bertz CT molecular complexity index is 773. The van der Waals surface area contributed by atoms with E-state index in [-0.39, 0.29) is 16.2 Å². The van der Waals surface area contributed by atoms with Crippen LogP contribution in [0.5, 0.6) is 0 Å². The molecular weight excluding hydrogens is 334 g/mol. The van der Waals surface area contributed by atoms with Gasteiger partial charge >= 0.3 is 0 Å². The number of thiophene rings is 1. The summed E-state index contributed by atoms with van der Waals surface area (Å²) in [6.45, 7) is 2.20. The molecule has 124 valence electrons. The summed E-state index contributed by atoms with van der Waals surface area (Å²) >= 11 is 1.13. The highest BCUT2D eigenvalue weighted by molar-refractivity contribution is 7.94. The fraction of sp³-hybridized carbons (Fsp3) is 0.267. The molecule has 1 aromatic carbocycles. The van der Waals surface area contributed by atoms with Crippen molar-refractivity contribution < 1.29 is 13.2 Å². The summed E-state index contributed by atoms with van der Waals surface area (Å²) in [6, 6.07) is 9.50. The lowest BCUT2D eigenvalue weighted by molar-refractivity contribution is 0.0748. The molecular formula is C15H19N3O3S2. The molecule has 0 saturated heterocycles. The van der Waals surface area contributed by atoms with Crippen LogP contribution in [-0.4, -0.2) is 38.9 Å². The SMILES string of the molecule is CC(CN)N(C)C(=O)c1cccc(NS(=O)(=O)c2cccs2)c1. The Balaban J connectivity index is 2.22. The fourth-order valence-electron chi connectivity index (χ4n) is 1.90. The summed E-state index contributed by atoms with van der Waals surface area (Å²) in [4.78, 5) is 13.9. The molecule has 1 atom stereocenters. The number of carbonyl (C=O) groups excluding carboxylic acids is 1. The Morgan fingerprint density at radius 2 is 2.09 bits per heavy atom. The van der Waals surface area contributed by atoms with E-state index in [1.807, 2.05) is 6.92 Å². The maximum absolute atomic E-state index is 12.4. The Hall–Kier alpha value is -1.90. The quantitative estimate of drug-likeness (QED) is 0.830. The number of carbonyl (C=O) groups is 1. The molecule has 2 aromatic rings. The topological polar surface area (TPSA) is 92.5 Å². The van der Waals surface area contributed by atoms with E-state index in [0.717, 1.165) is 11.3 Å². The molecule has 0 spiro atoms. The molecule has 0 fully saturated rings. The molecule has 0 aliphatic heterocycles. The first-order valence-electron chi connectivity index (χ1n) is 6.99. The highest BCUT2D eigenvalue weighted by Gasteiger charge is 2.19. The van der Waals surface area contributed by atoms with Gasteiger partial charge in [-0.2, -0.15) is 0 Å². The number of nitrogens with zero attached hydrogens (tertiary/aromatic N) is 1. The van der Waals surface area contributed by atoms with Crippen LogP contribution in [0, 0.1) is 0 Å². The smallest absolute Gasteiger partial charge is 0.271 e. The molecule has 1 unspecified atom stereocenters. The van der Waals surface area contributed by atoms with Crippen molar-refractivity contribution in [2.75, 3.05) is 18.3 Å². The molecule has 0 bridgehead atoms. The lowest BCUT2D eigenvalue weighted by Gasteiger charge is -2.23. The van der Waals surface area contributed by atoms with Gasteiger partial charge in [-0.15, -0.1) is 11.3 Å². The number of anilines is 1. The van der Waals surface area contributed by atoms with Crippen LogP contribution >= 0.6 is 11.3 Å².